The normalized spacial score (nSPS) is 11.3. The second-order valence-corrected chi connectivity index (χ2v) is 4.37. The fraction of sp³-hybridized carbons (Fsp3) is 0.500. The van der Waals surface area contributed by atoms with Gasteiger partial charge in [-0.1, -0.05) is 5.21 Å². The SMILES string of the molecule is CNCc1cn(CCN(C)Cc2ccoc2)nn1. The maximum Gasteiger partial charge on any atom is 0.0964 e. The molecule has 98 valence electrons. The summed E-state index contributed by atoms with van der Waals surface area (Å²) in [5.74, 6) is 0. The number of aromatic nitrogens is 3. The Morgan fingerprint density at radius 3 is 3.11 bits per heavy atom. The van der Waals surface area contributed by atoms with Gasteiger partial charge in [-0.15, -0.1) is 5.10 Å². The minimum Gasteiger partial charge on any atom is -0.472 e. The van der Waals surface area contributed by atoms with E-state index >= 15 is 0 Å². The Morgan fingerprint density at radius 2 is 2.39 bits per heavy atom. The van der Waals surface area contributed by atoms with E-state index < -0.39 is 0 Å². The van der Waals surface area contributed by atoms with Gasteiger partial charge in [0.1, 0.15) is 0 Å². The number of nitrogens with one attached hydrogen (secondary N) is 1. The second-order valence-electron chi connectivity index (χ2n) is 4.37. The zero-order chi connectivity index (χ0) is 12.8. The average molecular weight is 249 g/mol. The Bertz CT molecular complexity index is 451. The summed E-state index contributed by atoms with van der Waals surface area (Å²) in [7, 11) is 3.98. The lowest BCUT2D eigenvalue weighted by Gasteiger charge is -2.14. The molecule has 0 atom stereocenters. The van der Waals surface area contributed by atoms with E-state index in [-0.39, 0.29) is 0 Å². The number of hydrogen-bond donors (Lipinski definition) is 1. The number of rotatable bonds is 7. The minimum absolute atomic E-state index is 0.755. The highest BCUT2D eigenvalue weighted by Crippen LogP contribution is 2.03. The molecule has 0 bridgehead atoms. The molecule has 2 aromatic rings. The summed E-state index contributed by atoms with van der Waals surface area (Å²) in [5.41, 5.74) is 2.15. The Kier molecular flexibility index (Phi) is 4.49. The second kappa shape index (κ2) is 6.32. The van der Waals surface area contributed by atoms with E-state index in [1.165, 1.54) is 5.56 Å². The van der Waals surface area contributed by atoms with Crippen molar-refractivity contribution >= 4 is 0 Å². The highest BCUT2D eigenvalue weighted by molar-refractivity contribution is 5.04. The van der Waals surface area contributed by atoms with Gasteiger partial charge in [-0.3, -0.25) is 4.68 Å². The van der Waals surface area contributed by atoms with Crippen LogP contribution in [0.25, 0.3) is 0 Å². The van der Waals surface area contributed by atoms with Crippen LogP contribution in [0.5, 0.6) is 0 Å². The standard InChI is InChI=1S/C12H19N5O/c1-13-7-12-9-17(15-14-12)5-4-16(2)8-11-3-6-18-10-11/h3,6,9-10,13H,4-5,7-8H2,1-2H3. The third-order valence-electron chi connectivity index (χ3n) is 2.69. The van der Waals surface area contributed by atoms with E-state index in [1.54, 1.807) is 12.5 Å². The molecule has 0 spiro atoms. The van der Waals surface area contributed by atoms with Crippen molar-refractivity contribution in [3.63, 3.8) is 0 Å². The van der Waals surface area contributed by atoms with Crippen LogP contribution in [-0.4, -0.2) is 40.5 Å². The van der Waals surface area contributed by atoms with Gasteiger partial charge in [0.25, 0.3) is 0 Å². The van der Waals surface area contributed by atoms with Crippen LogP contribution in [0.4, 0.5) is 0 Å². The third-order valence-corrected chi connectivity index (χ3v) is 2.69. The molecule has 2 heterocycles. The molecular weight excluding hydrogens is 230 g/mol. The van der Waals surface area contributed by atoms with E-state index in [0.717, 1.165) is 31.9 Å². The predicted molar refractivity (Wildman–Crippen MR) is 67.8 cm³/mol. The largest absolute Gasteiger partial charge is 0.472 e. The molecule has 0 aromatic carbocycles. The zero-order valence-electron chi connectivity index (χ0n) is 10.8. The van der Waals surface area contributed by atoms with Crippen LogP contribution in [0.1, 0.15) is 11.3 Å². The lowest BCUT2D eigenvalue weighted by molar-refractivity contribution is 0.303. The van der Waals surface area contributed by atoms with Gasteiger partial charge in [0, 0.05) is 31.4 Å². The molecule has 2 rings (SSSR count). The lowest BCUT2D eigenvalue weighted by Crippen LogP contribution is -2.22. The van der Waals surface area contributed by atoms with Gasteiger partial charge in [0.05, 0.1) is 24.8 Å². The van der Waals surface area contributed by atoms with Crippen LogP contribution in [0, 0.1) is 0 Å². The van der Waals surface area contributed by atoms with Crippen LogP contribution < -0.4 is 5.32 Å². The molecule has 0 saturated carbocycles. The van der Waals surface area contributed by atoms with Gasteiger partial charge >= 0.3 is 0 Å². The first-order valence-corrected chi connectivity index (χ1v) is 6.01. The molecule has 0 radical (unpaired) electrons. The molecule has 6 nitrogen and oxygen atoms in total. The van der Waals surface area contributed by atoms with Crippen LogP contribution in [-0.2, 0) is 19.6 Å². The topological polar surface area (TPSA) is 59.1 Å². The summed E-state index contributed by atoms with van der Waals surface area (Å²) in [6.07, 6.45) is 5.45. The molecule has 0 aliphatic carbocycles. The quantitative estimate of drug-likeness (QED) is 0.783. The van der Waals surface area contributed by atoms with Crippen LogP contribution in [0.3, 0.4) is 0 Å². The van der Waals surface area contributed by atoms with Crippen molar-refractivity contribution < 1.29 is 4.42 Å². The van der Waals surface area contributed by atoms with Crippen molar-refractivity contribution in [2.24, 2.45) is 0 Å². The summed E-state index contributed by atoms with van der Waals surface area (Å²) < 4.78 is 6.92. The fourth-order valence-electron chi connectivity index (χ4n) is 1.76. The van der Waals surface area contributed by atoms with Crippen LogP contribution in [0.15, 0.2) is 29.2 Å². The molecule has 0 fully saturated rings. The van der Waals surface area contributed by atoms with E-state index in [9.17, 15) is 0 Å². The Balaban J connectivity index is 1.76. The van der Waals surface area contributed by atoms with Crippen molar-refractivity contribution in [1.82, 2.24) is 25.2 Å². The smallest absolute Gasteiger partial charge is 0.0964 e. The zero-order valence-corrected chi connectivity index (χ0v) is 10.8. The monoisotopic (exact) mass is 249 g/mol. The molecule has 0 aliphatic rings. The van der Waals surface area contributed by atoms with Crippen molar-refractivity contribution in [2.45, 2.75) is 19.6 Å². The molecule has 1 N–H and O–H groups in total. The number of hydrogen-bond acceptors (Lipinski definition) is 5. The molecule has 18 heavy (non-hydrogen) atoms. The van der Waals surface area contributed by atoms with Gasteiger partial charge in [-0.2, -0.15) is 0 Å². The van der Waals surface area contributed by atoms with E-state index in [4.69, 9.17) is 4.42 Å². The highest BCUT2D eigenvalue weighted by atomic mass is 16.3. The van der Waals surface area contributed by atoms with E-state index in [0.29, 0.717) is 0 Å². The first kappa shape index (κ1) is 12.8. The van der Waals surface area contributed by atoms with Crippen LogP contribution in [0.2, 0.25) is 0 Å². The van der Waals surface area contributed by atoms with E-state index in [1.807, 2.05) is 24.0 Å². The number of nitrogens with zero attached hydrogens (tertiary/aromatic N) is 4. The molecule has 0 unspecified atom stereocenters. The lowest BCUT2D eigenvalue weighted by atomic mass is 10.3. The van der Waals surface area contributed by atoms with Gasteiger partial charge in [0.2, 0.25) is 0 Å². The van der Waals surface area contributed by atoms with Crippen molar-refractivity contribution in [3.8, 4) is 0 Å². The van der Waals surface area contributed by atoms with Crippen molar-refractivity contribution in [3.05, 3.63) is 36.0 Å². The van der Waals surface area contributed by atoms with E-state index in [2.05, 4.69) is 27.6 Å². The summed E-state index contributed by atoms with van der Waals surface area (Å²) in [6, 6.07) is 1.98. The van der Waals surface area contributed by atoms with Crippen molar-refractivity contribution in [1.29, 1.82) is 0 Å². The molecule has 0 aliphatic heterocycles. The highest BCUT2D eigenvalue weighted by Gasteiger charge is 2.03. The Morgan fingerprint density at radius 1 is 1.50 bits per heavy atom. The molecular formula is C12H19N5O. The molecule has 2 aromatic heterocycles. The average Bonchev–Trinajstić information content (AvgIpc) is 2.99. The third kappa shape index (κ3) is 3.68. The summed E-state index contributed by atoms with van der Waals surface area (Å²) >= 11 is 0. The van der Waals surface area contributed by atoms with Gasteiger partial charge < -0.3 is 14.6 Å². The van der Waals surface area contributed by atoms with Crippen LogP contribution >= 0.6 is 0 Å². The summed E-state index contributed by atoms with van der Waals surface area (Å²) in [4.78, 5) is 2.23. The molecule has 0 amide bonds. The fourth-order valence-corrected chi connectivity index (χ4v) is 1.76. The number of furan rings is 1. The summed E-state index contributed by atoms with van der Waals surface area (Å²) in [6.45, 7) is 3.40. The predicted octanol–water partition coefficient (Wildman–Crippen LogP) is 0.722. The minimum atomic E-state index is 0.755. The van der Waals surface area contributed by atoms with Gasteiger partial charge in [-0.25, -0.2) is 0 Å². The first-order valence-electron chi connectivity index (χ1n) is 6.01. The van der Waals surface area contributed by atoms with Gasteiger partial charge in [-0.05, 0) is 20.2 Å². The maximum atomic E-state index is 5.05. The number of likely N-dealkylation sites (N-methyl/N-ethyl adjacent to an activating group) is 1. The molecule has 6 heteroatoms. The molecule has 0 saturated heterocycles. The summed E-state index contributed by atoms with van der Waals surface area (Å²) in [5, 5.41) is 11.2. The Hall–Kier alpha value is -1.66. The van der Waals surface area contributed by atoms with Gasteiger partial charge in [0.15, 0.2) is 0 Å². The Labute approximate surface area is 107 Å². The van der Waals surface area contributed by atoms with Crippen molar-refractivity contribution in [2.75, 3.05) is 20.6 Å². The first-order chi connectivity index (χ1) is 8.78. The maximum absolute atomic E-state index is 5.05.